The zero-order valence-corrected chi connectivity index (χ0v) is 15.5. The molecule has 1 aromatic rings. The molecule has 4 atom stereocenters. The highest BCUT2D eigenvalue weighted by Crippen LogP contribution is 2.62. The molecule has 4 heteroatoms. The minimum absolute atomic E-state index is 0.0899. The Kier molecular flexibility index (Phi) is 4.65. The molecule has 0 bridgehead atoms. The van der Waals surface area contributed by atoms with E-state index in [0.717, 1.165) is 37.7 Å². The molecule has 2 saturated carbocycles. The Bertz CT molecular complexity index is 674. The molecule has 0 amide bonds. The topological polar surface area (TPSA) is 56.5 Å². The Morgan fingerprint density at radius 2 is 2.12 bits per heavy atom. The Hall–Kier alpha value is -1.84. The van der Waals surface area contributed by atoms with E-state index in [9.17, 15) is 9.59 Å². The maximum atomic E-state index is 12.7. The summed E-state index contributed by atoms with van der Waals surface area (Å²) >= 11 is 0. The van der Waals surface area contributed by atoms with Crippen LogP contribution in [-0.4, -0.2) is 18.9 Å². The molecule has 4 nitrogen and oxygen atoms in total. The Morgan fingerprint density at radius 3 is 2.76 bits per heavy atom. The standard InChI is InChI=1S/C21H28O4/c1-14-6-7-18-20(2,9-5-10-21(18,3)19(23)24-4)16(14)12-17(22)15-8-11-25-13-15/h8,11,13,16,18H,1,5-7,9-10,12H2,2-4H3/t16-,18+,20+,21-/m1/s1. The summed E-state index contributed by atoms with van der Waals surface area (Å²) in [5.74, 6) is 0.287. The van der Waals surface area contributed by atoms with Crippen LogP contribution in [0.25, 0.3) is 0 Å². The number of allylic oxidation sites excluding steroid dienone is 1. The van der Waals surface area contributed by atoms with E-state index in [2.05, 4.69) is 13.5 Å². The summed E-state index contributed by atoms with van der Waals surface area (Å²) in [6, 6.07) is 1.72. The van der Waals surface area contributed by atoms with Gasteiger partial charge in [-0.05, 0) is 55.9 Å². The molecule has 1 aromatic heterocycles. The van der Waals surface area contributed by atoms with E-state index < -0.39 is 5.41 Å². The molecule has 0 spiro atoms. The number of carbonyl (C=O) groups excluding carboxylic acids is 2. The number of fused-ring (bicyclic) bond motifs is 1. The number of rotatable bonds is 4. The Morgan fingerprint density at radius 1 is 1.36 bits per heavy atom. The van der Waals surface area contributed by atoms with Crippen molar-refractivity contribution in [2.75, 3.05) is 7.11 Å². The van der Waals surface area contributed by atoms with Crippen LogP contribution in [0.15, 0.2) is 35.2 Å². The fourth-order valence-corrected chi connectivity index (χ4v) is 5.53. The number of esters is 1. The van der Waals surface area contributed by atoms with Crippen molar-refractivity contribution in [2.45, 2.75) is 52.4 Å². The van der Waals surface area contributed by atoms with Crippen molar-refractivity contribution in [3.63, 3.8) is 0 Å². The molecular weight excluding hydrogens is 316 g/mol. The van der Waals surface area contributed by atoms with Crippen LogP contribution in [0.2, 0.25) is 0 Å². The first kappa shape index (κ1) is 18.0. The third-order valence-electron chi connectivity index (χ3n) is 6.90. The van der Waals surface area contributed by atoms with E-state index in [1.54, 1.807) is 6.07 Å². The highest BCUT2D eigenvalue weighted by Gasteiger charge is 2.58. The second-order valence-electron chi connectivity index (χ2n) is 8.21. The number of carbonyl (C=O) groups is 2. The molecule has 1 heterocycles. The van der Waals surface area contributed by atoms with Gasteiger partial charge in [0.1, 0.15) is 6.26 Å². The van der Waals surface area contributed by atoms with Crippen molar-refractivity contribution in [3.05, 3.63) is 36.3 Å². The van der Waals surface area contributed by atoms with Crippen molar-refractivity contribution in [2.24, 2.45) is 22.7 Å². The molecule has 2 aliphatic rings. The zero-order chi connectivity index (χ0) is 18.2. The Balaban J connectivity index is 1.91. The highest BCUT2D eigenvalue weighted by atomic mass is 16.5. The van der Waals surface area contributed by atoms with Crippen molar-refractivity contribution in [1.82, 2.24) is 0 Å². The number of ketones is 1. The monoisotopic (exact) mass is 344 g/mol. The fourth-order valence-electron chi connectivity index (χ4n) is 5.53. The number of hydrogen-bond acceptors (Lipinski definition) is 4. The predicted octanol–water partition coefficient (Wildman–Crippen LogP) is 4.80. The lowest BCUT2D eigenvalue weighted by Gasteiger charge is -2.57. The molecule has 0 aromatic carbocycles. The summed E-state index contributed by atoms with van der Waals surface area (Å²) in [4.78, 5) is 25.3. The second kappa shape index (κ2) is 6.47. The lowest BCUT2D eigenvalue weighted by molar-refractivity contribution is -0.167. The van der Waals surface area contributed by atoms with Gasteiger partial charge in [-0.25, -0.2) is 0 Å². The molecule has 3 rings (SSSR count). The molecule has 25 heavy (non-hydrogen) atoms. The van der Waals surface area contributed by atoms with Crippen LogP contribution < -0.4 is 0 Å². The van der Waals surface area contributed by atoms with Gasteiger partial charge < -0.3 is 9.15 Å². The average Bonchev–Trinajstić information content (AvgIpc) is 3.11. The van der Waals surface area contributed by atoms with Crippen LogP contribution >= 0.6 is 0 Å². The molecular formula is C21H28O4. The molecule has 0 saturated heterocycles. The van der Waals surface area contributed by atoms with Gasteiger partial charge >= 0.3 is 5.97 Å². The highest BCUT2D eigenvalue weighted by molar-refractivity contribution is 5.96. The minimum Gasteiger partial charge on any atom is -0.472 e. The summed E-state index contributed by atoms with van der Waals surface area (Å²) < 4.78 is 10.2. The number of hydrogen-bond donors (Lipinski definition) is 0. The van der Waals surface area contributed by atoms with Gasteiger partial charge in [-0.1, -0.05) is 25.5 Å². The van der Waals surface area contributed by atoms with E-state index in [-0.39, 0.29) is 29.0 Å². The summed E-state index contributed by atoms with van der Waals surface area (Å²) in [6.07, 6.45) is 8.13. The van der Waals surface area contributed by atoms with Crippen LogP contribution in [0.3, 0.4) is 0 Å². The van der Waals surface area contributed by atoms with Crippen LogP contribution in [-0.2, 0) is 9.53 Å². The van der Waals surface area contributed by atoms with Gasteiger partial charge in [0.15, 0.2) is 5.78 Å². The van der Waals surface area contributed by atoms with Gasteiger partial charge in [-0.3, -0.25) is 9.59 Å². The van der Waals surface area contributed by atoms with Gasteiger partial charge in [0.05, 0.1) is 24.4 Å². The molecule has 0 aliphatic heterocycles. The van der Waals surface area contributed by atoms with Gasteiger partial charge in [-0.15, -0.1) is 0 Å². The smallest absolute Gasteiger partial charge is 0.311 e. The maximum Gasteiger partial charge on any atom is 0.311 e. The number of methoxy groups -OCH3 is 1. The third kappa shape index (κ3) is 2.86. The van der Waals surface area contributed by atoms with E-state index in [0.29, 0.717) is 12.0 Å². The average molecular weight is 344 g/mol. The normalized spacial score (nSPS) is 35.1. The fraction of sp³-hybridized carbons (Fsp3) is 0.619. The zero-order valence-electron chi connectivity index (χ0n) is 15.5. The Labute approximate surface area is 149 Å². The van der Waals surface area contributed by atoms with E-state index in [1.165, 1.54) is 19.6 Å². The van der Waals surface area contributed by atoms with Crippen LogP contribution in [0.4, 0.5) is 0 Å². The van der Waals surface area contributed by atoms with Crippen molar-refractivity contribution >= 4 is 11.8 Å². The van der Waals surface area contributed by atoms with Gasteiger partial charge in [0.25, 0.3) is 0 Å². The lowest BCUT2D eigenvalue weighted by atomic mass is 9.46. The van der Waals surface area contributed by atoms with E-state index in [4.69, 9.17) is 9.15 Å². The first-order valence-corrected chi connectivity index (χ1v) is 9.14. The summed E-state index contributed by atoms with van der Waals surface area (Å²) in [6.45, 7) is 8.58. The lowest BCUT2D eigenvalue weighted by Crippen LogP contribution is -2.54. The molecule has 2 aliphatic carbocycles. The third-order valence-corrected chi connectivity index (χ3v) is 6.90. The summed E-state index contributed by atoms with van der Waals surface area (Å²) in [5, 5.41) is 0. The largest absolute Gasteiger partial charge is 0.472 e. The summed E-state index contributed by atoms with van der Waals surface area (Å²) in [5.41, 5.74) is 1.18. The van der Waals surface area contributed by atoms with E-state index in [1.807, 2.05) is 6.92 Å². The number of furan rings is 1. The number of ether oxygens (including phenoxy) is 1. The quantitative estimate of drug-likeness (QED) is 0.447. The van der Waals surface area contributed by atoms with Crippen molar-refractivity contribution in [3.8, 4) is 0 Å². The van der Waals surface area contributed by atoms with Crippen molar-refractivity contribution < 1.29 is 18.7 Å². The number of Topliss-reactive ketones (excluding diaryl/α,β-unsaturated/α-hetero) is 1. The molecule has 2 fully saturated rings. The van der Waals surface area contributed by atoms with Crippen LogP contribution in [0.1, 0.15) is 62.7 Å². The first-order chi connectivity index (χ1) is 11.8. The summed E-state index contributed by atoms with van der Waals surface area (Å²) in [7, 11) is 1.47. The minimum atomic E-state index is -0.473. The van der Waals surface area contributed by atoms with Crippen LogP contribution in [0.5, 0.6) is 0 Å². The molecule has 0 unspecified atom stereocenters. The van der Waals surface area contributed by atoms with Crippen molar-refractivity contribution in [1.29, 1.82) is 0 Å². The second-order valence-corrected chi connectivity index (χ2v) is 8.21. The van der Waals surface area contributed by atoms with Gasteiger partial charge in [0.2, 0.25) is 0 Å². The predicted molar refractivity (Wildman–Crippen MR) is 95.1 cm³/mol. The van der Waals surface area contributed by atoms with Crippen LogP contribution in [0, 0.1) is 22.7 Å². The van der Waals surface area contributed by atoms with Gasteiger partial charge in [-0.2, -0.15) is 0 Å². The molecule has 0 radical (unpaired) electrons. The van der Waals surface area contributed by atoms with E-state index >= 15 is 0 Å². The SMILES string of the molecule is C=C1CC[C@H]2[C@@](C)(CCC[C@@]2(C)C(=O)OC)[C@@H]1CC(=O)c1ccoc1. The first-order valence-electron chi connectivity index (χ1n) is 9.14. The van der Waals surface area contributed by atoms with Gasteiger partial charge in [0, 0.05) is 6.42 Å². The molecule has 0 N–H and O–H groups in total. The maximum absolute atomic E-state index is 12.7. The molecule has 136 valence electrons.